The van der Waals surface area contributed by atoms with E-state index in [2.05, 4.69) is 43.8 Å². The van der Waals surface area contributed by atoms with E-state index in [4.69, 9.17) is 9.47 Å². The Morgan fingerprint density at radius 3 is 1.95 bits per heavy atom. The monoisotopic (exact) mass is 540 g/mol. The first-order valence-electron chi connectivity index (χ1n) is 14.4. The summed E-state index contributed by atoms with van der Waals surface area (Å²) in [5.41, 5.74) is 8.48. The zero-order valence-corrected chi connectivity index (χ0v) is 23.0. The van der Waals surface area contributed by atoms with Crippen molar-refractivity contribution in [3.8, 4) is 11.1 Å². The molecule has 4 nitrogen and oxygen atoms in total. The van der Waals surface area contributed by atoms with Gasteiger partial charge in [-0.25, -0.2) is 9.59 Å². The van der Waals surface area contributed by atoms with Gasteiger partial charge in [0.25, 0.3) is 0 Å². The van der Waals surface area contributed by atoms with Gasteiger partial charge in [0, 0.05) is 11.8 Å². The highest BCUT2D eigenvalue weighted by molar-refractivity contribution is 5.90. The van der Waals surface area contributed by atoms with E-state index < -0.39 is 12.2 Å². The molecule has 6 unspecified atom stereocenters. The van der Waals surface area contributed by atoms with E-state index in [1.54, 1.807) is 24.3 Å². The first-order valence-corrected chi connectivity index (χ1v) is 14.4. The van der Waals surface area contributed by atoms with E-state index in [0.717, 1.165) is 18.4 Å². The zero-order valence-electron chi connectivity index (χ0n) is 23.0. The van der Waals surface area contributed by atoms with Gasteiger partial charge in [0.15, 0.2) is 0 Å². The fourth-order valence-corrected chi connectivity index (χ4v) is 7.73. The predicted octanol–water partition coefficient (Wildman–Crippen LogP) is 7.66. The molecule has 0 N–H and O–H groups in total. The molecule has 6 atom stereocenters. The van der Waals surface area contributed by atoms with E-state index in [1.165, 1.54) is 27.8 Å². The molecule has 0 amide bonds. The summed E-state index contributed by atoms with van der Waals surface area (Å²) in [5, 5.41) is 0. The molecule has 2 fully saturated rings. The predicted molar refractivity (Wildman–Crippen MR) is 160 cm³/mol. The van der Waals surface area contributed by atoms with Crippen molar-refractivity contribution in [1.82, 2.24) is 0 Å². The molecule has 0 saturated heterocycles. The Kier molecular flexibility index (Phi) is 6.34. The van der Waals surface area contributed by atoms with E-state index in [0.29, 0.717) is 17.0 Å². The van der Waals surface area contributed by atoms with E-state index in [1.807, 2.05) is 48.5 Å². The molecule has 7 rings (SSSR count). The molecular weight excluding hydrogens is 508 g/mol. The number of carbonyl (C=O) groups is 2. The third-order valence-electron chi connectivity index (χ3n) is 9.46. The minimum absolute atomic E-state index is 0.0956. The van der Waals surface area contributed by atoms with Crippen LogP contribution in [0.3, 0.4) is 0 Å². The molecule has 4 heteroatoms. The lowest BCUT2D eigenvalue weighted by atomic mass is 9.76. The first-order chi connectivity index (χ1) is 20.0. The standard InChI is InChI=1S/C37H32O4/c1-3-23-12-10-11-17-27(23)28-19-26-20-30-31-21-32(33(30)29(26)18-22(28)2)35(41-37(39)25-15-8-5-9-16-25)34(31)40-36(38)24-13-6-4-7-14-24/h3-19,30-35H,1,20-21H2,2H3. The summed E-state index contributed by atoms with van der Waals surface area (Å²) < 4.78 is 12.4. The number of carbonyl (C=O) groups excluding carboxylic acids is 2. The maximum absolute atomic E-state index is 13.3. The van der Waals surface area contributed by atoms with E-state index >= 15 is 0 Å². The van der Waals surface area contributed by atoms with Gasteiger partial charge >= 0.3 is 11.9 Å². The highest BCUT2D eigenvalue weighted by Gasteiger charge is 2.63. The molecule has 3 aliphatic carbocycles. The number of esters is 2. The molecule has 0 aromatic heterocycles. The summed E-state index contributed by atoms with van der Waals surface area (Å²) in [7, 11) is 0. The number of aryl methyl sites for hydroxylation is 1. The maximum Gasteiger partial charge on any atom is 0.338 e. The van der Waals surface area contributed by atoms with Crippen molar-refractivity contribution in [2.24, 2.45) is 17.8 Å². The summed E-state index contributed by atoms with van der Waals surface area (Å²) in [6.45, 7) is 6.19. The normalized spacial score (nSPS) is 25.3. The van der Waals surface area contributed by atoms with Crippen molar-refractivity contribution in [2.45, 2.75) is 37.9 Å². The van der Waals surface area contributed by atoms with Crippen molar-refractivity contribution in [3.63, 3.8) is 0 Å². The lowest BCUT2D eigenvalue weighted by Gasteiger charge is -2.37. The molecule has 4 aromatic rings. The fraction of sp³-hybridized carbons (Fsp3) is 0.243. The molecule has 204 valence electrons. The summed E-state index contributed by atoms with van der Waals surface area (Å²) in [4.78, 5) is 26.5. The topological polar surface area (TPSA) is 52.6 Å². The van der Waals surface area contributed by atoms with Gasteiger partial charge in [0.1, 0.15) is 12.2 Å². The van der Waals surface area contributed by atoms with Crippen LogP contribution in [0.25, 0.3) is 17.2 Å². The van der Waals surface area contributed by atoms with Gasteiger partial charge in [-0.3, -0.25) is 0 Å². The highest BCUT2D eigenvalue weighted by Crippen LogP contribution is 2.63. The van der Waals surface area contributed by atoms with Crippen molar-refractivity contribution in [2.75, 3.05) is 0 Å². The molecule has 3 aliphatic rings. The summed E-state index contributed by atoms with van der Waals surface area (Å²) in [6.07, 6.45) is 2.76. The average Bonchev–Trinajstić information content (AvgIpc) is 3.67. The number of rotatable bonds is 6. The largest absolute Gasteiger partial charge is 0.455 e. The van der Waals surface area contributed by atoms with Gasteiger partial charge in [-0.2, -0.15) is 0 Å². The maximum atomic E-state index is 13.3. The Morgan fingerprint density at radius 2 is 1.32 bits per heavy atom. The number of hydrogen-bond acceptors (Lipinski definition) is 4. The molecular formula is C37H32O4. The van der Waals surface area contributed by atoms with Gasteiger partial charge < -0.3 is 9.47 Å². The molecule has 0 heterocycles. The fourth-order valence-electron chi connectivity index (χ4n) is 7.73. The zero-order chi connectivity index (χ0) is 28.1. The lowest BCUT2D eigenvalue weighted by Crippen LogP contribution is -2.45. The van der Waals surface area contributed by atoms with Gasteiger partial charge in [-0.15, -0.1) is 0 Å². The molecule has 41 heavy (non-hydrogen) atoms. The van der Waals surface area contributed by atoms with Crippen LogP contribution in [0, 0.1) is 24.7 Å². The third kappa shape index (κ3) is 4.30. The minimum atomic E-state index is -0.492. The van der Waals surface area contributed by atoms with Gasteiger partial charge in [-0.05, 0) is 89.2 Å². The van der Waals surface area contributed by atoms with Gasteiger partial charge in [0.2, 0.25) is 0 Å². The first kappa shape index (κ1) is 25.5. The summed E-state index contributed by atoms with van der Waals surface area (Å²) >= 11 is 0. The molecule has 0 spiro atoms. The molecule has 2 bridgehead atoms. The van der Waals surface area contributed by atoms with Crippen molar-refractivity contribution >= 4 is 18.0 Å². The van der Waals surface area contributed by atoms with Crippen LogP contribution in [-0.2, 0) is 15.9 Å². The number of benzene rings is 4. The number of fused-ring (bicyclic) bond motifs is 7. The minimum Gasteiger partial charge on any atom is -0.455 e. The number of ether oxygens (including phenoxy) is 2. The van der Waals surface area contributed by atoms with Crippen LogP contribution < -0.4 is 0 Å². The van der Waals surface area contributed by atoms with Crippen LogP contribution in [0.1, 0.15) is 55.3 Å². The van der Waals surface area contributed by atoms with E-state index in [-0.39, 0.29) is 29.7 Å². The Bertz CT molecular complexity index is 1640. The summed E-state index contributed by atoms with van der Waals surface area (Å²) in [5.74, 6) is 0.111. The van der Waals surface area contributed by atoms with Crippen LogP contribution in [0.4, 0.5) is 0 Å². The second-order valence-electron chi connectivity index (χ2n) is 11.6. The second-order valence-corrected chi connectivity index (χ2v) is 11.6. The highest BCUT2D eigenvalue weighted by atomic mass is 16.6. The second kappa shape index (κ2) is 10.2. The van der Waals surface area contributed by atoms with Crippen LogP contribution in [0.5, 0.6) is 0 Å². The van der Waals surface area contributed by atoms with Crippen molar-refractivity contribution in [1.29, 1.82) is 0 Å². The SMILES string of the molecule is C=Cc1ccccc1-c1cc2c(cc1C)C1C(C2)C2CC1C(OC(=O)c1ccccc1)C2OC(=O)c1ccccc1. The van der Waals surface area contributed by atoms with Crippen LogP contribution >= 0.6 is 0 Å². The molecule has 4 aromatic carbocycles. The molecule has 0 aliphatic heterocycles. The molecule has 2 saturated carbocycles. The van der Waals surface area contributed by atoms with Crippen molar-refractivity contribution < 1.29 is 19.1 Å². The van der Waals surface area contributed by atoms with Crippen LogP contribution in [-0.4, -0.2) is 24.1 Å². The Balaban J connectivity index is 1.23. The Labute approximate surface area is 240 Å². The van der Waals surface area contributed by atoms with Crippen LogP contribution in [0.15, 0.2) is 104 Å². The summed E-state index contributed by atoms with van der Waals surface area (Å²) in [6, 6.07) is 31.2. The van der Waals surface area contributed by atoms with Crippen molar-refractivity contribution in [3.05, 3.63) is 137 Å². The van der Waals surface area contributed by atoms with Gasteiger partial charge in [0.05, 0.1) is 11.1 Å². The third-order valence-corrected chi connectivity index (χ3v) is 9.46. The smallest absolute Gasteiger partial charge is 0.338 e. The van der Waals surface area contributed by atoms with Crippen LogP contribution in [0.2, 0.25) is 0 Å². The Hall–Kier alpha value is -4.44. The quantitative estimate of drug-likeness (QED) is 0.236. The van der Waals surface area contributed by atoms with E-state index in [9.17, 15) is 9.59 Å². The number of hydrogen-bond donors (Lipinski definition) is 0. The molecule has 0 radical (unpaired) electrons. The Morgan fingerprint density at radius 1 is 0.732 bits per heavy atom. The van der Waals surface area contributed by atoms with Gasteiger partial charge in [-0.1, -0.05) is 85.5 Å². The average molecular weight is 541 g/mol. The lowest BCUT2D eigenvalue weighted by molar-refractivity contribution is -0.0698.